The van der Waals surface area contributed by atoms with Gasteiger partial charge in [-0.05, 0) is 44.8 Å². The Balaban J connectivity index is 1.88. The molecule has 0 unspecified atom stereocenters. The van der Waals surface area contributed by atoms with Crippen LogP contribution in [0.15, 0.2) is 24.3 Å². The number of aliphatic hydroxyl groups is 1. The summed E-state index contributed by atoms with van der Waals surface area (Å²) in [7, 11) is 6.21. The van der Waals surface area contributed by atoms with Gasteiger partial charge in [0.1, 0.15) is 5.75 Å². The maximum absolute atomic E-state index is 12.6. The zero-order valence-corrected chi connectivity index (χ0v) is 15.6. The number of phenols is 1. The van der Waals surface area contributed by atoms with Crippen molar-refractivity contribution < 1.29 is 15.0 Å². The molecule has 2 rings (SSSR count). The van der Waals surface area contributed by atoms with E-state index in [0.717, 1.165) is 25.2 Å². The van der Waals surface area contributed by atoms with Crippen LogP contribution < -0.4 is 0 Å². The Morgan fingerprint density at radius 2 is 1.76 bits per heavy atom. The van der Waals surface area contributed by atoms with E-state index >= 15 is 0 Å². The highest BCUT2D eigenvalue weighted by Crippen LogP contribution is 2.25. The topological polar surface area (TPSA) is 67.2 Å². The Labute approximate surface area is 150 Å². The second-order valence-corrected chi connectivity index (χ2v) is 7.41. The third kappa shape index (κ3) is 5.99. The number of hydrogen-bond donors (Lipinski definition) is 2. The molecule has 1 fully saturated rings. The van der Waals surface area contributed by atoms with E-state index in [1.807, 2.05) is 4.90 Å². The highest BCUT2D eigenvalue weighted by atomic mass is 16.3. The molecule has 6 heteroatoms. The van der Waals surface area contributed by atoms with Crippen molar-refractivity contribution in [1.82, 2.24) is 14.7 Å². The number of amides is 1. The van der Waals surface area contributed by atoms with Gasteiger partial charge in [-0.3, -0.25) is 4.79 Å². The molecule has 1 saturated heterocycles. The van der Waals surface area contributed by atoms with E-state index in [9.17, 15) is 15.0 Å². The Morgan fingerprint density at radius 3 is 2.36 bits per heavy atom. The Morgan fingerprint density at radius 1 is 1.12 bits per heavy atom. The normalized spacial score (nSPS) is 20.6. The predicted octanol–water partition coefficient (Wildman–Crippen LogP) is 0.495. The second kappa shape index (κ2) is 9.17. The molecule has 2 atom stereocenters. The summed E-state index contributed by atoms with van der Waals surface area (Å²) >= 11 is 0. The van der Waals surface area contributed by atoms with Gasteiger partial charge < -0.3 is 24.9 Å². The van der Waals surface area contributed by atoms with Crippen LogP contribution in [0, 0.1) is 11.8 Å². The Kier molecular flexibility index (Phi) is 7.23. The first-order valence-electron chi connectivity index (χ1n) is 8.89. The molecule has 0 saturated carbocycles. The van der Waals surface area contributed by atoms with Crippen LogP contribution in [-0.2, 0) is 11.2 Å². The quantitative estimate of drug-likeness (QED) is 0.715. The first-order chi connectivity index (χ1) is 11.9. The lowest BCUT2D eigenvalue weighted by Crippen LogP contribution is -2.35. The minimum atomic E-state index is 0.0857. The highest BCUT2D eigenvalue weighted by molar-refractivity contribution is 5.79. The van der Waals surface area contributed by atoms with Gasteiger partial charge in [0.2, 0.25) is 5.91 Å². The predicted molar refractivity (Wildman–Crippen MR) is 98.5 cm³/mol. The number of likely N-dealkylation sites (N-methyl/N-ethyl adjacent to an activating group) is 2. The third-order valence-electron chi connectivity index (χ3n) is 4.93. The number of rotatable bonds is 8. The zero-order chi connectivity index (χ0) is 18.4. The third-order valence-corrected chi connectivity index (χ3v) is 4.93. The van der Waals surface area contributed by atoms with E-state index in [-0.39, 0.29) is 24.2 Å². The fourth-order valence-corrected chi connectivity index (χ4v) is 3.32. The molecule has 1 aliphatic rings. The van der Waals surface area contributed by atoms with Gasteiger partial charge in [0.25, 0.3) is 0 Å². The number of aliphatic hydroxyl groups excluding tert-OH is 1. The fraction of sp³-hybridized carbons (Fsp3) is 0.632. The van der Waals surface area contributed by atoms with E-state index < -0.39 is 0 Å². The van der Waals surface area contributed by atoms with Crippen LogP contribution in [0.1, 0.15) is 5.56 Å². The van der Waals surface area contributed by atoms with Crippen LogP contribution in [0.4, 0.5) is 0 Å². The van der Waals surface area contributed by atoms with Crippen molar-refractivity contribution >= 4 is 5.91 Å². The van der Waals surface area contributed by atoms with Gasteiger partial charge in [0.15, 0.2) is 0 Å². The average Bonchev–Trinajstić information content (AvgIpc) is 2.98. The molecule has 2 N–H and O–H groups in total. The minimum Gasteiger partial charge on any atom is -0.508 e. The molecule has 1 amide bonds. The van der Waals surface area contributed by atoms with Crippen LogP contribution in [-0.4, -0.2) is 91.3 Å². The number of benzene rings is 1. The Hall–Kier alpha value is -1.63. The summed E-state index contributed by atoms with van der Waals surface area (Å²) in [6.07, 6.45) is 0.335. The summed E-state index contributed by atoms with van der Waals surface area (Å²) in [5.74, 6) is 0.743. The van der Waals surface area contributed by atoms with Gasteiger partial charge in [0, 0.05) is 45.2 Å². The lowest BCUT2D eigenvalue weighted by atomic mass is 9.96. The van der Waals surface area contributed by atoms with Crippen LogP contribution in [0.2, 0.25) is 0 Å². The molecule has 0 spiro atoms. The molecule has 0 aromatic heterocycles. The molecular formula is C19H31N3O3. The molecule has 0 bridgehead atoms. The zero-order valence-electron chi connectivity index (χ0n) is 15.6. The first-order valence-corrected chi connectivity index (χ1v) is 8.89. The molecule has 25 heavy (non-hydrogen) atoms. The number of aromatic hydroxyl groups is 1. The van der Waals surface area contributed by atoms with Crippen molar-refractivity contribution in [2.24, 2.45) is 11.8 Å². The molecular weight excluding hydrogens is 318 g/mol. The van der Waals surface area contributed by atoms with Gasteiger partial charge in [-0.2, -0.15) is 0 Å². The summed E-state index contributed by atoms with van der Waals surface area (Å²) in [5.41, 5.74) is 0.898. The number of phenolic OH excluding ortho intramolecular Hbond substituents is 1. The molecule has 1 aromatic carbocycles. The molecule has 1 aliphatic heterocycles. The Bertz CT molecular complexity index is 547. The van der Waals surface area contributed by atoms with Gasteiger partial charge in [-0.15, -0.1) is 0 Å². The van der Waals surface area contributed by atoms with Gasteiger partial charge >= 0.3 is 0 Å². The van der Waals surface area contributed by atoms with Crippen molar-refractivity contribution in [2.75, 3.05) is 60.5 Å². The van der Waals surface area contributed by atoms with Crippen molar-refractivity contribution in [1.29, 1.82) is 0 Å². The number of hydrogen-bond acceptors (Lipinski definition) is 5. The summed E-state index contributed by atoms with van der Waals surface area (Å²) in [6.45, 7) is 4.31. The van der Waals surface area contributed by atoms with Crippen molar-refractivity contribution in [2.45, 2.75) is 6.42 Å². The van der Waals surface area contributed by atoms with E-state index in [2.05, 4.69) is 30.9 Å². The molecule has 1 aromatic rings. The van der Waals surface area contributed by atoms with Gasteiger partial charge in [0.05, 0.1) is 6.42 Å². The summed E-state index contributed by atoms with van der Waals surface area (Å²) in [5, 5.41) is 19.0. The first kappa shape index (κ1) is 19.7. The fourth-order valence-electron chi connectivity index (χ4n) is 3.32. The largest absolute Gasteiger partial charge is 0.508 e. The summed E-state index contributed by atoms with van der Waals surface area (Å²) in [4.78, 5) is 18.9. The average molecular weight is 349 g/mol. The SMILES string of the molecule is CN(C)CCN(C)C[C@@H]1CN(C(=O)Cc2ccc(O)cc2)C[C@@H]1CO. The molecule has 0 radical (unpaired) electrons. The summed E-state index contributed by atoms with van der Waals surface area (Å²) < 4.78 is 0. The van der Waals surface area contributed by atoms with E-state index in [0.29, 0.717) is 25.4 Å². The lowest BCUT2D eigenvalue weighted by molar-refractivity contribution is -0.129. The molecule has 140 valence electrons. The van der Waals surface area contributed by atoms with E-state index in [1.165, 1.54) is 0 Å². The van der Waals surface area contributed by atoms with Crippen LogP contribution >= 0.6 is 0 Å². The number of carbonyl (C=O) groups is 1. The number of likely N-dealkylation sites (tertiary alicyclic amines) is 1. The van der Waals surface area contributed by atoms with Crippen LogP contribution in [0.3, 0.4) is 0 Å². The maximum atomic E-state index is 12.6. The van der Waals surface area contributed by atoms with Crippen molar-refractivity contribution in [3.05, 3.63) is 29.8 Å². The minimum absolute atomic E-state index is 0.0857. The van der Waals surface area contributed by atoms with E-state index in [1.54, 1.807) is 24.3 Å². The van der Waals surface area contributed by atoms with Crippen LogP contribution in [0.25, 0.3) is 0 Å². The smallest absolute Gasteiger partial charge is 0.227 e. The number of nitrogens with zero attached hydrogens (tertiary/aromatic N) is 3. The summed E-state index contributed by atoms with van der Waals surface area (Å²) in [6, 6.07) is 6.76. The van der Waals surface area contributed by atoms with Crippen molar-refractivity contribution in [3.63, 3.8) is 0 Å². The molecule has 1 heterocycles. The maximum Gasteiger partial charge on any atom is 0.227 e. The lowest BCUT2D eigenvalue weighted by Gasteiger charge is -2.25. The molecule has 6 nitrogen and oxygen atoms in total. The van der Waals surface area contributed by atoms with E-state index in [4.69, 9.17) is 0 Å². The second-order valence-electron chi connectivity index (χ2n) is 7.41. The number of carbonyl (C=O) groups excluding carboxylic acids is 1. The highest BCUT2D eigenvalue weighted by Gasteiger charge is 2.35. The molecule has 0 aliphatic carbocycles. The standard InChI is InChI=1S/C19H31N3O3/c1-20(2)8-9-21(3)11-16-12-22(13-17(16)14-23)19(25)10-15-4-6-18(24)7-5-15/h4-7,16-17,23-24H,8-14H2,1-3H3/t16-,17-/m1/s1. The van der Waals surface area contributed by atoms with Crippen molar-refractivity contribution in [3.8, 4) is 5.75 Å². The van der Waals surface area contributed by atoms with Crippen LogP contribution in [0.5, 0.6) is 5.75 Å². The monoisotopic (exact) mass is 349 g/mol. The van der Waals surface area contributed by atoms with Gasteiger partial charge in [-0.1, -0.05) is 12.1 Å². The van der Waals surface area contributed by atoms with Gasteiger partial charge in [-0.25, -0.2) is 0 Å².